The van der Waals surface area contributed by atoms with Crippen molar-refractivity contribution in [3.05, 3.63) is 75.8 Å². The van der Waals surface area contributed by atoms with Crippen LogP contribution in [0.5, 0.6) is 0 Å². The van der Waals surface area contributed by atoms with Crippen molar-refractivity contribution in [2.24, 2.45) is 0 Å². The number of halogens is 2. The molecule has 2 heterocycles. The summed E-state index contributed by atoms with van der Waals surface area (Å²) in [6, 6.07) is 9.74. The van der Waals surface area contributed by atoms with E-state index in [1.807, 2.05) is 18.2 Å². The molecule has 1 N–H and O–H groups in total. The minimum Gasteiger partial charge on any atom is -0.351 e. The molecule has 0 spiro atoms. The lowest BCUT2D eigenvalue weighted by molar-refractivity contribution is 0.0979. The third-order valence-electron chi connectivity index (χ3n) is 4.54. The van der Waals surface area contributed by atoms with Crippen LogP contribution in [-0.2, 0) is 0 Å². The lowest BCUT2D eigenvalue weighted by atomic mass is 9.86. The highest BCUT2D eigenvalue weighted by molar-refractivity contribution is 6.36. The number of rotatable bonds is 0. The number of nitrogens with one attached hydrogen (secondary N) is 1. The van der Waals surface area contributed by atoms with E-state index in [0.29, 0.717) is 21.9 Å². The molecule has 0 fully saturated rings. The van der Waals surface area contributed by atoms with Crippen LogP contribution >= 0.6 is 11.6 Å². The number of H-pyrrole nitrogens is 1. The maximum Gasteiger partial charge on any atom is 0.211 e. The maximum absolute atomic E-state index is 13.7. The second-order valence-electron chi connectivity index (χ2n) is 5.91. The number of hydrogen-bond acceptors (Lipinski definition) is 3. The summed E-state index contributed by atoms with van der Waals surface area (Å²) >= 11 is 5.87. The van der Waals surface area contributed by atoms with Crippen LogP contribution in [-0.4, -0.2) is 21.5 Å². The lowest BCUT2D eigenvalue weighted by Crippen LogP contribution is -2.21. The van der Waals surface area contributed by atoms with Gasteiger partial charge in [0, 0.05) is 34.1 Å². The van der Waals surface area contributed by atoms with Crippen LogP contribution in [0.3, 0.4) is 0 Å². The summed E-state index contributed by atoms with van der Waals surface area (Å²) in [4.78, 5) is 33.3. The quantitative estimate of drug-likeness (QED) is 0.453. The highest BCUT2D eigenvalue weighted by Crippen LogP contribution is 2.36. The summed E-state index contributed by atoms with van der Waals surface area (Å²) in [7, 11) is 0. The van der Waals surface area contributed by atoms with Gasteiger partial charge in [-0.15, -0.1) is 0 Å². The monoisotopic (exact) mass is 350 g/mol. The van der Waals surface area contributed by atoms with Crippen LogP contribution in [0.4, 0.5) is 4.39 Å². The number of aromatic nitrogens is 2. The molecule has 0 atom stereocenters. The Morgan fingerprint density at radius 2 is 1.80 bits per heavy atom. The first-order valence-electron chi connectivity index (χ1n) is 7.54. The lowest BCUT2D eigenvalue weighted by Gasteiger charge is -2.16. The van der Waals surface area contributed by atoms with Crippen LogP contribution in [0, 0.1) is 5.82 Å². The number of hydrogen-bond donors (Lipinski definition) is 1. The Morgan fingerprint density at radius 3 is 2.64 bits per heavy atom. The van der Waals surface area contributed by atoms with Crippen molar-refractivity contribution in [2.45, 2.75) is 0 Å². The molecule has 0 aliphatic heterocycles. The van der Waals surface area contributed by atoms with E-state index < -0.39 is 5.82 Å². The zero-order valence-electron chi connectivity index (χ0n) is 12.6. The first kappa shape index (κ1) is 14.3. The average molecular weight is 351 g/mol. The van der Waals surface area contributed by atoms with Gasteiger partial charge in [0.2, 0.25) is 5.78 Å². The Balaban J connectivity index is 1.90. The smallest absolute Gasteiger partial charge is 0.211 e. The number of aromatic amines is 1. The Bertz CT molecular complexity index is 1260. The number of carbonyl (C=O) groups excluding carboxylic acids is 2. The molecule has 1 aliphatic carbocycles. The zero-order chi connectivity index (χ0) is 17.3. The summed E-state index contributed by atoms with van der Waals surface area (Å²) in [5.74, 6) is -1.23. The van der Waals surface area contributed by atoms with Gasteiger partial charge in [-0.05, 0) is 12.1 Å². The van der Waals surface area contributed by atoms with Gasteiger partial charge in [0.1, 0.15) is 5.82 Å². The van der Waals surface area contributed by atoms with Crippen molar-refractivity contribution in [1.29, 1.82) is 0 Å². The first-order chi connectivity index (χ1) is 12.1. The van der Waals surface area contributed by atoms with E-state index in [0.717, 1.165) is 6.07 Å². The van der Waals surface area contributed by atoms with Crippen LogP contribution < -0.4 is 0 Å². The van der Waals surface area contributed by atoms with Crippen molar-refractivity contribution < 1.29 is 14.0 Å². The highest BCUT2D eigenvalue weighted by atomic mass is 35.5. The van der Waals surface area contributed by atoms with Crippen LogP contribution in [0.15, 0.2) is 42.6 Å². The molecule has 120 valence electrons. The molecule has 0 radical (unpaired) electrons. The van der Waals surface area contributed by atoms with Crippen LogP contribution in [0.1, 0.15) is 32.0 Å². The van der Waals surface area contributed by atoms with Gasteiger partial charge < -0.3 is 4.98 Å². The summed E-state index contributed by atoms with van der Waals surface area (Å²) < 4.78 is 13.7. The molecule has 5 rings (SSSR count). The predicted octanol–water partition coefficient (Wildman–Crippen LogP) is 4.28. The Labute approximate surface area is 145 Å². The Kier molecular flexibility index (Phi) is 2.71. The molecule has 0 bridgehead atoms. The normalized spacial score (nSPS) is 13.4. The fourth-order valence-electron chi connectivity index (χ4n) is 3.41. The van der Waals surface area contributed by atoms with Gasteiger partial charge in [-0.1, -0.05) is 29.8 Å². The minimum absolute atomic E-state index is 0.120. The molecule has 0 saturated heterocycles. The van der Waals surface area contributed by atoms with E-state index in [2.05, 4.69) is 9.97 Å². The summed E-state index contributed by atoms with van der Waals surface area (Å²) in [6.07, 6.45) is 1.33. The van der Waals surface area contributed by atoms with E-state index >= 15 is 0 Å². The van der Waals surface area contributed by atoms with Gasteiger partial charge >= 0.3 is 0 Å². The summed E-state index contributed by atoms with van der Waals surface area (Å²) in [6.45, 7) is 0. The molecule has 0 amide bonds. The van der Waals surface area contributed by atoms with E-state index in [-0.39, 0.29) is 38.9 Å². The number of carbonyl (C=O) groups is 2. The van der Waals surface area contributed by atoms with Crippen molar-refractivity contribution in [3.63, 3.8) is 0 Å². The van der Waals surface area contributed by atoms with E-state index in [9.17, 15) is 14.0 Å². The van der Waals surface area contributed by atoms with Gasteiger partial charge in [0.25, 0.3) is 0 Å². The molecular weight excluding hydrogens is 343 g/mol. The second-order valence-corrected chi connectivity index (χ2v) is 6.32. The maximum atomic E-state index is 13.7. The van der Waals surface area contributed by atoms with Gasteiger partial charge in [0.05, 0.1) is 27.4 Å². The van der Waals surface area contributed by atoms with E-state index in [1.54, 1.807) is 6.07 Å². The molecule has 4 nitrogen and oxygen atoms in total. The summed E-state index contributed by atoms with van der Waals surface area (Å²) in [5.41, 5.74) is 1.99. The van der Waals surface area contributed by atoms with Gasteiger partial charge in [0.15, 0.2) is 5.78 Å². The Hall–Kier alpha value is -3.05. The van der Waals surface area contributed by atoms with Crippen molar-refractivity contribution in [1.82, 2.24) is 9.97 Å². The van der Waals surface area contributed by atoms with E-state index in [1.165, 1.54) is 12.3 Å². The van der Waals surface area contributed by atoms with E-state index in [4.69, 9.17) is 11.6 Å². The van der Waals surface area contributed by atoms with Gasteiger partial charge in [-0.25, -0.2) is 4.39 Å². The van der Waals surface area contributed by atoms with Gasteiger partial charge in [-0.3, -0.25) is 14.6 Å². The number of benzene rings is 2. The third-order valence-corrected chi connectivity index (χ3v) is 4.83. The van der Waals surface area contributed by atoms with Crippen molar-refractivity contribution >= 4 is 45.0 Å². The molecule has 2 aromatic heterocycles. The highest BCUT2D eigenvalue weighted by Gasteiger charge is 2.35. The molecule has 6 heteroatoms. The third kappa shape index (κ3) is 1.78. The molecule has 0 unspecified atom stereocenters. The molecule has 2 aromatic carbocycles. The molecule has 1 aliphatic rings. The molecule has 4 aromatic rings. The number of pyridine rings is 1. The minimum atomic E-state index is -0.623. The fraction of sp³-hybridized carbons (Fsp3) is 0. The van der Waals surface area contributed by atoms with Gasteiger partial charge in [-0.2, -0.15) is 0 Å². The second kappa shape index (κ2) is 4.74. The topological polar surface area (TPSA) is 62.8 Å². The standard InChI is InChI=1S/C19H8ClFN2O2/c20-11-5-9-14(6-12(11)21)22-7-10-15(9)19(25)17-16(18(10)24)8-3-1-2-4-13(8)23-17/h1-7,23H. The Morgan fingerprint density at radius 1 is 1.00 bits per heavy atom. The molecule has 25 heavy (non-hydrogen) atoms. The van der Waals surface area contributed by atoms with Crippen LogP contribution in [0.25, 0.3) is 21.8 Å². The number of para-hydroxylation sites is 1. The van der Waals surface area contributed by atoms with Crippen LogP contribution in [0.2, 0.25) is 5.02 Å². The number of nitrogens with zero attached hydrogens (tertiary/aromatic N) is 1. The number of fused-ring (bicyclic) bond motifs is 6. The van der Waals surface area contributed by atoms with Crippen molar-refractivity contribution in [3.8, 4) is 0 Å². The zero-order valence-corrected chi connectivity index (χ0v) is 13.3. The largest absolute Gasteiger partial charge is 0.351 e. The predicted molar refractivity (Wildman–Crippen MR) is 91.9 cm³/mol. The molecular formula is C19H8ClFN2O2. The molecule has 0 saturated carbocycles. The summed E-state index contributed by atoms with van der Waals surface area (Å²) in [5, 5.41) is 0.940. The van der Waals surface area contributed by atoms with Crippen molar-refractivity contribution in [2.75, 3.05) is 0 Å². The number of ketones is 2. The SMILES string of the molecule is O=C1c2[nH]c3ccccc3c2C(=O)c2cnc3cc(F)c(Cl)cc3c21. The fourth-order valence-corrected chi connectivity index (χ4v) is 3.58. The average Bonchev–Trinajstić information content (AvgIpc) is 3.00. The first-order valence-corrected chi connectivity index (χ1v) is 7.92.